The van der Waals surface area contributed by atoms with Crippen LogP contribution in [0.25, 0.3) is 0 Å². The van der Waals surface area contributed by atoms with Gasteiger partial charge >= 0.3 is 0 Å². The zero-order valence-corrected chi connectivity index (χ0v) is 13.2. The number of anilines is 2. The van der Waals surface area contributed by atoms with E-state index in [0.717, 1.165) is 37.8 Å². The summed E-state index contributed by atoms with van der Waals surface area (Å²) in [4.78, 5) is 23.7. The van der Waals surface area contributed by atoms with Crippen molar-refractivity contribution in [1.82, 2.24) is 0 Å². The second-order valence-electron chi connectivity index (χ2n) is 5.74. The maximum absolute atomic E-state index is 12.6. The lowest BCUT2D eigenvalue weighted by Gasteiger charge is -2.16. The molecule has 116 valence electrons. The van der Waals surface area contributed by atoms with Gasteiger partial charge in [-0.2, -0.15) is 10.1 Å². The number of benzene rings is 1. The number of carbonyl (C=O) groups excluding carboxylic acids is 2. The van der Waals surface area contributed by atoms with E-state index in [4.69, 9.17) is 11.6 Å². The van der Waals surface area contributed by atoms with E-state index in [1.807, 2.05) is 0 Å². The van der Waals surface area contributed by atoms with Crippen LogP contribution in [0.5, 0.6) is 0 Å². The fourth-order valence-electron chi connectivity index (χ4n) is 3.02. The van der Waals surface area contributed by atoms with E-state index in [1.165, 1.54) is 11.9 Å². The van der Waals surface area contributed by atoms with Crippen molar-refractivity contribution in [3.63, 3.8) is 0 Å². The summed E-state index contributed by atoms with van der Waals surface area (Å²) in [5.74, 6) is -0.247. The summed E-state index contributed by atoms with van der Waals surface area (Å²) in [6.07, 6.45) is 5.07. The van der Waals surface area contributed by atoms with Gasteiger partial charge in [-0.15, -0.1) is 0 Å². The number of carbonyl (C=O) groups is 2. The zero-order chi connectivity index (χ0) is 15.7. The van der Waals surface area contributed by atoms with Crippen molar-refractivity contribution in [1.29, 1.82) is 0 Å². The quantitative estimate of drug-likeness (QED) is 0.905. The molecule has 1 heterocycles. The summed E-state index contributed by atoms with van der Waals surface area (Å²) >= 11 is 6.27. The Hall–Kier alpha value is -1.88. The van der Waals surface area contributed by atoms with Gasteiger partial charge in [0.2, 0.25) is 5.91 Å². The molecule has 5 nitrogen and oxygen atoms in total. The summed E-state index contributed by atoms with van der Waals surface area (Å²) < 4.78 is 0. The molecule has 6 heteroatoms. The summed E-state index contributed by atoms with van der Waals surface area (Å²) in [5.41, 5.74) is 2.15. The van der Waals surface area contributed by atoms with Gasteiger partial charge in [0.15, 0.2) is 0 Å². The molecule has 22 heavy (non-hydrogen) atoms. The fourth-order valence-corrected chi connectivity index (χ4v) is 3.28. The Kier molecular flexibility index (Phi) is 4.16. The number of nitrogens with zero attached hydrogens (tertiary/aromatic N) is 2. The predicted molar refractivity (Wildman–Crippen MR) is 87.3 cm³/mol. The van der Waals surface area contributed by atoms with Crippen molar-refractivity contribution >= 4 is 40.5 Å². The molecular weight excluding hydrogens is 302 g/mol. The number of rotatable bonds is 2. The van der Waals surface area contributed by atoms with Gasteiger partial charge in [-0.1, -0.05) is 24.4 Å². The van der Waals surface area contributed by atoms with Crippen LogP contribution in [0, 0.1) is 5.92 Å². The monoisotopic (exact) mass is 319 g/mol. The second-order valence-corrected chi connectivity index (χ2v) is 6.15. The average Bonchev–Trinajstić information content (AvgIpc) is 2.63. The number of fused-ring (bicyclic) bond motifs is 1. The Morgan fingerprint density at radius 2 is 2.18 bits per heavy atom. The minimum Gasteiger partial charge on any atom is -0.326 e. The van der Waals surface area contributed by atoms with Gasteiger partial charge in [0, 0.05) is 12.6 Å². The maximum atomic E-state index is 12.6. The molecule has 1 unspecified atom stereocenters. The molecule has 0 spiro atoms. The first-order valence-corrected chi connectivity index (χ1v) is 7.92. The molecule has 0 saturated heterocycles. The third-order valence-corrected chi connectivity index (χ3v) is 4.36. The average molecular weight is 320 g/mol. The highest BCUT2D eigenvalue weighted by Gasteiger charge is 2.37. The maximum Gasteiger partial charge on any atom is 0.256 e. The Bertz CT molecular complexity index is 657. The highest BCUT2D eigenvalue weighted by Crippen LogP contribution is 2.35. The van der Waals surface area contributed by atoms with Crippen LogP contribution in [-0.2, 0) is 9.59 Å². The molecule has 1 aliphatic carbocycles. The first kappa shape index (κ1) is 15.0. The van der Waals surface area contributed by atoms with Crippen LogP contribution in [-0.4, -0.2) is 17.5 Å². The molecule has 1 aromatic rings. The summed E-state index contributed by atoms with van der Waals surface area (Å²) in [7, 11) is 0. The first-order valence-electron chi connectivity index (χ1n) is 7.55. The third kappa shape index (κ3) is 2.86. The smallest absolute Gasteiger partial charge is 0.256 e. The van der Waals surface area contributed by atoms with E-state index in [9.17, 15) is 9.59 Å². The van der Waals surface area contributed by atoms with Gasteiger partial charge in [0.05, 0.1) is 22.3 Å². The summed E-state index contributed by atoms with van der Waals surface area (Å²) in [6.45, 7) is 1.44. The molecular formula is C16H18ClN3O2. The molecule has 2 aliphatic rings. The van der Waals surface area contributed by atoms with Gasteiger partial charge < -0.3 is 5.32 Å². The van der Waals surface area contributed by atoms with E-state index < -0.39 is 0 Å². The predicted octanol–water partition coefficient (Wildman–Crippen LogP) is 3.58. The second kappa shape index (κ2) is 6.08. The van der Waals surface area contributed by atoms with Gasteiger partial charge in [-0.05, 0) is 37.5 Å². The van der Waals surface area contributed by atoms with Crippen LogP contribution in [0.15, 0.2) is 23.3 Å². The number of hydrogen-bond acceptors (Lipinski definition) is 3. The van der Waals surface area contributed by atoms with Crippen molar-refractivity contribution in [2.24, 2.45) is 11.0 Å². The molecule has 1 fully saturated rings. The largest absolute Gasteiger partial charge is 0.326 e. The van der Waals surface area contributed by atoms with Crippen LogP contribution in [0.4, 0.5) is 11.4 Å². The Morgan fingerprint density at radius 3 is 2.91 bits per heavy atom. The number of amides is 2. The molecule has 0 bridgehead atoms. The molecule has 1 saturated carbocycles. The van der Waals surface area contributed by atoms with Crippen molar-refractivity contribution < 1.29 is 9.59 Å². The van der Waals surface area contributed by atoms with Gasteiger partial charge in [-0.25, -0.2) is 0 Å². The van der Waals surface area contributed by atoms with Crippen LogP contribution in [0.1, 0.15) is 39.0 Å². The number of hydrogen-bond donors (Lipinski definition) is 1. The van der Waals surface area contributed by atoms with Crippen LogP contribution in [0.2, 0.25) is 5.02 Å². The van der Waals surface area contributed by atoms with E-state index >= 15 is 0 Å². The van der Waals surface area contributed by atoms with Crippen molar-refractivity contribution in [3.8, 4) is 0 Å². The Labute approximate surface area is 134 Å². The molecule has 1 aliphatic heterocycles. The van der Waals surface area contributed by atoms with Crippen molar-refractivity contribution in [2.45, 2.75) is 39.0 Å². The molecule has 0 radical (unpaired) electrons. The zero-order valence-electron chi connectivity index (χ0n) is 12.4. The molecule has 1 N–H and O–H groups in total. The fraction of sp³-hybridized carbons (Fsp3) is 0.438. The highest BCUT2D eigenvalue weighted by molar-refractivity contribution is 6.34. The van der Waals surface area contributed by atoms with Crippen molar-refractivity contribution in [3.05, 3.63) is 23.2 Å². The lowest BCUT2D eigenvalue weighted by molar-refractivity contribution is -0.120. The highest BCUT2D eigenvalue weighted by atomic mass is 35.5. The van der Waals surface area contributed by atoms with E-state index in [0.29, 0.717) is 16.4 Å². The minimum absolute atomic E-state index is 0.00563. The van der Waals surface area contributed by atoms with Crippen LogP contribution >= 0.6 is 11.6 Å². The lowest BCUT2D eigenvalue weighted by atomic mass is 9.98. The lowest BCUT2D eigenvalue weighted by Crippen LogP contribution is -2.27. The Morgan fingerprint density at radius 1 is 1.36 bits per heavy atom. The van der Waals surface area contributed by atoms with Gasteiger partial charge in [-0.3, -0.25) is 9.59 Å². The molecule has 1 atom stereocenters. The van der Waals surface area contributed by atoms with Crippen LogP contribution in [0.3, 0.4) is 0 Å². The molecule has 2 amide bonds. The standard InChI is InChI=1S/C16H18ClN3O2/c1-10(21)18-11-7-8-15(13(17)9-11)20-16(22)12-5-3-2-4-6-14(12)19-20/h7-9,12H,2-6H2,1H3,(H,18,21). The van der Waals surface area contributed by atoms with Crippen LogP contribution < -0.4 is 10.3 Å². The summed E-state index contributed by atoms with van der Waals surface area (Å²) in [6, 6.07) is 5.09. The molecule has 0 aromatic heterocycles. The SMILES string of the molecule is CC(=O)Nc1ccc(N2N=C3CCCCCC3C2=O)c(Cl)c1. The third-order valence-electron chi connectivity index (χ3n) is 4.06. The first-order chi connectivity index (χ1) is 10.6. The molecule has 1 aromatic carbocycles. The minimum atomic E-state index is -0.163. The van der Waals surface area contributed by atoms with Gasteiger partial charge in [0.1, 0.15) is 0 Å². The van der Waals surface area contributed by atoms with E-state index in [1.54, 1.807) is 18.2 Å². The molecule has 3 rings (SSSR count). The van der Waals surface area contributed by atoms with E-state index in [2.05, 4.69) is 10.4 Å². The topological polar surface area (TPSA) is 61.8 Å². The normalized spacial score (nSPS) is 21.2. The summed E-state index contributed by atoms with van der Waals surface area (Å²) in [5, 5.41) is 9.00. The number of halogens is 1. The van der Waals surface area contributed by atoms with Gasteiger partial charge in [0.25, 0.3) is 5.91 Å². The van der Waals surface area contributed by atoms with Crippen molar-refractivity contribution in [2.75, 3.05) is 10.3 Å². The number of nitrogens with one attached hydrogen (secondary N) is 1. The Balaban J connectivity index is 1.88. The van der Waals surface area contributed by atoms with E-state index in [-0.39, 0.29) is 17.7 Å². The number of hydrazone groups is 1.